The van der Waals surface area contributed by atoms with E-state index in [0.29, 0.717) is 17.2 Å². The molecule has 0 spiro atoms. The molecule has 0 radical (unpaired) electrons. The monoisotopic (exact) mass is 341 g/mol. The van der Waals surface area contributed by atoms with Crippen LogP contribution in [-0.2, 0) is 10.0 Å². The van der Waals surface area contributed by atoms with E-state index in [1.165, 1.54) is 39.5 Å². The van der Waals surface area contributed by atoms with Crippen molar-refractivity contribution in [2.24, 2.45) is 0 Å². The predicted molar refractivity (Wildman–Crippen MR) is 86.6 cm³/mol. The maximum atomic E-state index is 12.7. The fraction of sp³-hybridized carbons (Fsp3) is 0.200. The molecule has 0 N–H and O–H groups in total. The number of hydrogen-bond acceptors (Lipinski definition) is 4. The summed E-state index contributed by atoms with van der Waals surface area (Å²) < 4.78 is 36.8. The van der Waals surface area contributed by atoms with Crippen molar-refractivity contribution in [2.45, 2.75) is 4.90 Å². The van der Waals surface area contributed by atoms with E-state index >= 15 is 0 Å². The van der Waals surface area contributed by atoms with Gasteiger partial charge in [-0.2, -0.15) is 0 Å². The first-order valence-electron chi connectivity index (χ1n) is 6.37. The van der Waals surface area contributed by atoms with Gasteiger partial charge < -0.3 is 9.47 Å². The Bertz CT molecular complexity index is 777. The summed E-state index contributed by atoms with van der Waals surface area (Å²) >= 11 is 6.01. The summed E-state index contributed by atoms with van der Waals surface area (Å²) in [5.74, 6) is 0.883. The third-order valence-electron chi connectivity index (χ3n) is 3.21. The van der Waals surface area contributed by atoms with Gasteiger partial charge in [0.1, 0.15) is 11.5 Å². The van der Waals surface area contributed by atoms with Crippen LogP contribution in [0.25, 0.3) is 0 Å². The second kappa shape index (κ2) is 6.46. The normalized spacial score (nSPS) is 11.1. The molecule has 0 amide bonds. The van der Waals surface area contributed by atoms with Crippen LogP contribution in [0.3, 0.4) is 0 Å². The number of para-hydroxylation sites is 2. The van der Waals surface area contributed by atoms with Gasteiger partial charge in [-0.1, -0.05) is 23.7 Å². The number of sulfonamides is 1. The summed E-state index contributed by atoms with van der Waals surface area (Å²) in [6.45, 7) is 0. The first kappa shape index (κ1) is 16.5. The van der Waals surface area contributed by atoms with Gasteiger partial charge in [-0.15, -0.1) is 0 Å². The van der Waals surface area contributed by atoms with Crippen LogP contribution in [0.1, 0.15) is 0 Å². The van der Waals surface area contributed by atoms with Crippen molar-refractivity contribution in [3.63, 3.8) is 0 Å². The SMILES string of the molecule is COc1ccc(S(=O)(=O)N(C)c2ccccc2OC)cc1Cl. The minimum absolute atomic E-state index is 0.0757. The minimum Gasteiger partial charge on any atom is -0.495 e. The van der Waals surface area contributed by atoms with Crippen molar-refractivity contribution in [1.29, 1.82) is 0 Å². The van der Waals surface area contributed by atoms with Crippen LogP contribution >= 0.6 is 11.6 Å². The van der Waals surface area contributed by atoms with Crippen molar-refractivity contribution in [3.8, 4) is 11.5 Å². The molecule has 0 saturated heterocycles. The Balaban J connectivity index is 2.47. The molecule has 0 aliphatic heterocycles. The molecule has 5 nitrogen and oxygen atoms in total. The molecule has 0 unspecified atom stereocenters. The van der Waals surface area contributed by atoms with Crippen LogP contribution in [0.2, 0.25) is 5.02 Å². The van der Waals surface area contributed by atoms with E-state index in [2.05, 4.69) is 0 Å². The zero-order valence-corrected chi connectivity index (χ0v) is 14.0. The fourth-order valence-corrected chi connectivity index (χ4v) is 3.54. The molecule has 0 fully saturated rings. The third kappa shape index (κ3) is 2.98. The van der Waals surface area contributed by atoms with Gasteiger partial charge in [0.2, 0.25) is 0 Å². The molecule has 0 bridgehead atoms. The van der Waals surface area contributed by atoms with Crippen LogP contribution < -0.4 is 13.8 Å². The number of benzene rings is 2. The van der Waals surface area contributed by atoms with Crippen molar-refractivity contribution in [3.05, 3.63) is 47.5 Å². The largest absolute Gasteiger partial charge is 0.495 e. The highest BCUT2D eigenvalue weighted by atomic mass is 35.5. The zero-order valence-electron chi connectivity index (χ0n) is 12.4. The van der Waals surface area contributed by atoms with E-state index in [-0.39, 0.29) is 9.92 Å². The molecule has 2 aromatic carbocycles. The number of rotatable bonds is 5. The first-order valence-corrected chi connectivity index (χ1v) is 8.19. The summed E-state index contributed by atoms with van der Waals surface area (Å²) in [4.78, 5) is 0.0757. The van der Waals surface area contributed by atoms with Gasteiger partial charge in [0.15, 0.2) is 0 Å². The van der Waals surface area contributed by atoms with Gasteiger partial charge in [-0.05, 0) is 30.3 Å². The first-order chi connectivity index (χ1) is 10.4. The maximum absolute atomic E-state index is 12.7. The highest BCUT2D eigenvalue weighted by molar-refractivity contribution is 7.92. The molecule has 7 heteroatoms. The summed E-state index contributed by atoms with van der Waals surface area (Å²) in [7, 11) is 0.663. The molecule has 2 aromatic rings. The lowest BCUT2D eigenvalue weighted by molar-refractivity contribution is 0.414. The zero-order chi connectivity index (χ0) is 16.3. The molecule has 0 aliphatic carbocycles. The predicted octanol–water partition coefficient (Wildman–Crippen LogP) is 3.18. The van der Waals surface area contributed by atoms with Gasteiger partial charge in [-0.25, -0.2) is 8.42 Å². The number of methoxy groups -OCH3 is 2. The molecule has 0 atom stereocenters. The molecule has 0 aliphatic rings. The Morgan fingerprint density at radius 2 is 1.64 bits per heavy atom. The topological polar surface area (TPSA) is 55.8 Å². The lowest BCUT2D eigenvalue weighted by Gasteiger charge is -2.21. The Morgan fingerprint density at radius 3 is 2.23 bits per heavy atom. The highest BCUT2D eigenvalue weighted by Gasteiger charge is 2.24. The summed E-state index contributed by atoms with van der Waals surface area (Å²) in [6, 6.07) is 11.2. The number of nitrogens with zero attached hydrogens (tertiary/aromatic N) is 1. The minimum atomic E-state index is -3.76. The second-order valence-corrected chi connectivity index (χ2v) is 6.82. The van der Waals surface area contributed by atoms with Crippen LogP contribution in [0.15, 0.2) is 47.4 Å². The average Bonchev–Trinajstić information content (AvgIpc) is 2.53. The second-order valence-electron chi connectivity index (χ2n) is 4.44. The summed E-state index contributed by atoms with van der Waals surface area (Å²) in [5, 5.41) is 0.233. The molecule has 0 heterocycles. The Labute approximate surface area is 135 Å². The van der Waals surface area contributed by atoms with E-state index in [1.807, 2.05) is 0 Å². The number of halogens is 1. The van der Waals surface area contributed by atoms with Gasteiger partial charge >= 0.3 is 0 Å². The summed E-state index contributed by atoms with van der Waals surface area (Å²) in [6.07, 6.45) is 0. The highest BCUT2D eigenvalue weighted by Crippen LogP contribution is 2.33. The van der Waals surface area contributed by atoms with Crippen molar-refractivity contribution in [2.75, 3.05) is 25.6 Å². The molecular weight excluding hydrogens is 326 g/mol. The summed E-state index contributed by atoms with van der Waals surface area (Å²) in [5.41, 5.74) is 0.442. The van der Waals surface area contributed by atoms with E-state index < -0.39 is 10.0 Å². The van der Waals surface area contributed by atoms with E-state index in [0.717, 1.165) is 4.31 Å². The van der Waals surface area contributed by atoms with E-state index in [9.17, 15) is 8.42 Å². The lowest BCUT2D eigenvalue weighted by atomic mass is 10.3. The Kier molecular flexibility index (Phi) is 4.83. The van der Waals surface area contributed by atoms with Gasteiger partial charge in [0, 0.05) is 7.05 Å². The standard InChI is InChI=1S/C15H16ClNO4S/c1-17(13-6-4-5-7-15(13)21-3)22(18,19)11-8-9-14(20-2)12(16)10-11/h4-10H,1-3H3. The average molecular weight is 342 g/mol. The molecule has 0 aromatic heterocycles. The van der Waals surface area contributed by atoms with Gasteiger partial charge in [0.05, 0.1) is 29.8 Å². The molecule has 2 rings (SSSR count). The molecule has 0 saturated carbocycles. The molecule has 118 valence electrons. The molecule has 22 heavy (non-hydrogen) atoms. The number of anilines is 1. The quantitative estimate of drug-likeness (QED) is 0.838. The Hall–Kier alpha value is -1.92. The van der Waals surface area contributed by atoms with Gasteiger partial charge in [0.25, 0.3) is 10.0 Å². The number of ether oxygens (including phenoxy) is 2. The maximum Gasteiger partial charge on any atom is 0.264 e. The van der Waals surface area contributed by atoms with Crippen molar-refractivity contribution < 1.29 is 17.9 Å². The Morgan fingerprint density at radius 1 is 1.00 bits per heavy atom. The van der Waals surface area contributed by atoms with Crippen LogP contribution in [0.4, 0.5) is 5.69 Å². The van der Waals surface area contributed by atoms with Gasteiger partial charge in [-0.3, -0.25) is 4.31 Å². The molecular formula is C15H16ClNO4S. The van der Waals surface area contributed by atoms with Crippen molar-refractivity contribution >= 4 is 27.3 Å². The van der Waals surface area contributed by atoms with E-state index in [1.54, 1.807) is 24.3 Å². The van der Waals surface area contributed by atoms with Crippen LogP contribution in [0, 0.1) is 0 Å². The van der Waals surface area contributed by atoms with Crippen LogP contribution in [0.5, 0.6) is 11.5 Å². The van der Waals surface area contributed by atoms with Crippen LogP contribution in [-0.4, -0.2) is 29.7 Å². The van der Waals surface area contributed by atoms with E-state index in [4.69, 9.17) is 21.1 Å². The third-order valence-corrected chi connectivity index (χ3v) is 5.27. The van der Waals surface area contributed by atoms with Crippen molar-refractivity contribution in [1.82, 2.24) is 0 Å². The number of hydrogen-bond donors (Lipinski definition) is 0. The lowest BCUT2D eigenvalue weighted by Crippen LogP contribution is -2.27. The smallest absolute Gasteiger partial charge is 0.264 e. The fourth-order valence-electron chi connectivity index (χ4n) is 1.99.